The van der Waals surface area contributed by atoms with Crippen LogP contribution in [-0.4, -0.2) is 6.04 Å². The molecular formula is C15H31N. The zero-order valence-electron chi connectivity index (χ0n) is 11.7. The summed E-state index contributed by atoms with van der Waals surface area (Å²) in [4.78, 5) is 0. The third-order valence-electron chi connectivity index (χ3n) is 4.90. The van der Waals surface area contributed by atoms with Crippen LogP contribution in [0.25, 0.3) is 0 Å². The highest BCUT2D eigenvalue weighted by Gasteiger charge is 2.29. The maximum atomic E-state index is 6.44. The van der Waals surface area contributed by atoms with Crippen LogP contribution in [0.3, 0.4) is 0 Å². The van der Waals surface area contributed by atoms with Crippen molar-refractivity contribution in [2.45, 2.75) is 72.3 Å². The van der Waals surface area contributed by atoms with Gasteiger partial charge in [-0.2, -0.15) is 0 Å². The van der Waals surface area contributed by atoms with Gasteiger partial charge in [0, 0.05) is 6.04 Å². The van der Waals surface area contributed by atoms with Crippen molar-refractivity contribution in [3.63, 3.8) is 0 Å². The zero-order chi connectivity index (χ0) is 12.1. The first kappa shape index (κ1) is 14.0. The summed E-state index contributed by atoms with van der Waals surface area (Å²) in [5.41, 5.74) is 6.44. The molecule has 0 saturated heterocycles. The van der Waals surface area contributed by atoms with Gasteiger partial charge in [-0.25, -0.2) is 0 Å². The van der Waals surface area contributed by atoms with E-state index in [1.54, 1.807) is 0 Å². The summed E-state index contributed by atoms with van der Waals surface area (Å²) in [6.07, 6.45) is 8.08. The summed E-state index contributed by atoms with van der Waals surface area (Å²) >= 11 is 0. The molecule has 1 fully saturated rings. The zero-order valence-corrected chi connectivity index (χ0v) is 11.7. The van der Waals surface area contributed by atoms with Gasteiger partial charge in [-0.1, -0.05) is 40.5 Å². The molecule has 0 aromatic rings. The van der Waals surface area contributed by atoms with E-state index in [4.69, 9.17) is 5.73 Å². The van der Waals surface area contributed by atoms with E-state index in [2.05, 4.69) is 27.7 Å². The van der Waals surface area contributed by atoms with E-state index in [1.165, 1.54) is 38.5 Å². The Bertz CT molecular complexity index is 176. The topological polar surface area (TPSA) is 26.0 Å². The van der Waals surface area contributed by atoms with E-state index in [0.29, 0.717) is 6.04 Å². The van der Waals surface area contributed by atoms with E-state index < -0.39 is 0 Å². The maximum Gasteiger partial charge on any atom is 0.00954 e. The Morgan fingerprint density at radius 2 is 1.38 bits per heavy atom. The second-order valence-electron chi connectivity index (χ2n) is 6.07. The minimum absolute atomic E-state index is 0.461. The fraction of sp³-hybridized carbons (Fsp3) is 1.00. The molecule has 0 aromatic carbocycles. The van der Waals surface area contributed by atoms with Gasteiger partial charge in [0.2, 0.25) is 0 Å². The van der Waals surface area contributed by atoms with Crippen molar-refractivity contribution < 1.29 is 0 Å². The second kappa shape index (κ2) is 6.64. The summed E-state index contributed by atoms with van der Waals surface area (Å²) in [5, 5.41) is 0. The van der Waals surface area contributed by atoms with Crippen molar-refractivity contribution in [2.75, 3.05) is 0 Å². The van der Waals surface area contributed by atoms with Gasteiger partial charge in [-0.15, -0.1) is 0 Å². The lowest BCUT2D eigenvalue weighted by atomic mass is 9.72. The Morgan fingerprint density at radius 3 is 1.75 bits per heavy atom. The van der Waals surface area contributed by atoms with Crippen LogP contribution in [0.15, 0.2) is 0 Å². The molecule has 0 radical (unpaired) electrons. The third-order valence-corrected chi connectivity index (χ3v) is 4.90. The Morgan fingerprint density at radius 1 is 0.938 bits per heavy atom. The van der Waals surface area contributed by atoms with Crippen LogP contribution < -0.4 is 5.73 Å². The van der Waals surface area contributed by atoms with Crippen LogP contribution >= 0.6 is 0 Å². The molecule has 1 aliphatic carbocycles. The normalized spacial score (nSPS) is 28.7. The first-order valence-electron chi connectivity index (χ1n) is 7.35. The quantitative estimate of drug-likeness (QED) is 0.745. The first-order chi connectivity index (χ1) is 7.60. The Kier molecular flexibility index (Phi) is 5.82. The van der Waals surface area contributed by atoms with Gasteiger partial charge in [-0.05, 0) is 49.4 Å². The van der Waals surface area contributed by atoms with Crippen molar-refractivity contribution >= 4 is 0 Å². The smallest absolute Gasteiger partial charge is 0.00954 e. The monoisotopic (exact) mass is 225 g/mol. The lowest BCUT2D eigenvalue weighted by Gasteiger charge is -2.36. The molecule has 0 aromatic heterocycles. The molecule has 1 unspecified atom stereocenters. The van der Waals surface area contributed by atoms with Crippen LogP contribution in [-0.2, 0) is 0 Å². The van der Waals surface area contributed by atoms with Crippen LogP contribution in [0.4, 0.5) is 0 Å². The van der Waals surface area contributed by atoms with Crippen LogP contribution in [0.2, 0.25) is 0 Å². The Labute approximate surface area is 102 Å². The van der Waals surface area contributed by atoms with Crippen LogP contribution in [0.5, 0.6) is 0 Å². The highest BCUT2D eigenvalue weighted by molar-refractivity contribution is 4.84. The molecule has 96 valence electrons. The average molecular weight is 225 g/mol. The van der Waals surface area contributed by atoms with E-state index >= 15 is 0 Å². The lowest BCUT2D eigenvalue weighted by molar-refractivity contribution is 0.174. The molecule has 1 atom stereocenters. The van der Waals surface area contributed by atoms with Crippen molar-refractivity contribution in [3.05, 3.63) is 0 Å². The predicted molar refractivity (Wildman–Crippen MR) is 72.3 cm³/mol. The highest BCUT2D eigenvalue weighted by atomic mass is 14.7. The van der Waals surface area contributed by atoms with Crippen LogP contribution in [0, 0.1) is 23.7 Å². The van der Waals surface area contributed by atoms with Gasteiger partial charge in [0.05, 0.1) is 0 Å². The van der Waals surface area contributed by atoms with E-state index in [0.717, 1.165) is 23.7 Å². The van der Waals surface area contributed by atoms with Gasteiger partial charge in [0.25, 0.3) is 0 Å². The SMILES string of the molecule is CCC(CC)C(N)C1CCC(C(C)C)CC1. The molecule has 1 saturated carbocycles. The molecule has 0 aliphatic heterocycles. The fourth-order valence-corrected chi connectivity index (χ4v) is 3.41. The number of hydrogen-bond donors (Lipinski definition) is 1. The minimum Gasteiger partial charge on any atom is -0.327 e. The molecule has 0 amide bonds. The van der Waals surface area contributed by atoms with Crippen molar-refractivity contribution in [1.29, 1.82) is 0 Å². The highest BCUT2D eigenvalue weighted by Crippen LogP contribution is 2.36. The number of rotatable bonds is 5. The molecule has 16 heavy (non-hydrogen) atoms. The molecular weight excluding hydrogens is 194 g/mol. The first-order valence-corrected chi connectivity index (χ1v) is 7.35. The van der Waals surface area contributed by atoms with E-state index in [1.807, 2.05) is 0 Å². The Hall–Kier alpha value is -0.0400. The van der Waals surface area contributed by atoms with Crippen molar-refractivity contribution in [1.82, 2.24) is 0 Å². The van der Waals surface area contributed by atoms with Crippen molar-refractivity contribution in [2.24, 2.45) is 29.4 Å². The average Bonchev–Trinajstić information content (AvgIpc) is 2.30. The summed E-state index contributed by atoms with van der Waals surface area (Å²) in [5.74, 6) is 3.39. The molecule has 1 heteroatoms. The molecule has 1 aliphatic rings. The fourth-order valence-electron chi connectivity index (χ4n) is 3.41. The third kappa shape index (κ3) is 3.48. The van der Waals surface area contributed by atoms with Gasteiger partial charge in [0.1, 0.15) is 0 Å². The summed E-state index contributed by atoms with van der Waals surface area (Å²) in [7, 11) is 0. The van der Waals surface area contributed by atoms with Gasteiger partial charge >= 0.3 is 0 Å². The van der Waals surface area contributed by atoms with Gasteiger partial charge in [0.15, 0.2) is 0 Å². The molecule has 2 N–H and O–H groups in total. The largest absolute Gasteiger partial charge is 0.327 e. The predicted octanol–water partition coefficient (Wildman–Crippen LogP) is 4.21. The lowest BCUT2D eigenvalue weighted by Crippen LogP contribution is -2.39. The van der Waals surface area contributed by atoms with E-state index in [-0.39, 0.29) is 0 Å². The molecule has 0 heterocycles. The van der Waals surface area contributed by atoms with Gasteiger partial charge < -0.3 is 5.73 Å². The summed E-state index contributed by atoms with van der Waals surface area (Å²) in [6, 6.07) is 0.461. The molecule has 1 rings (SSSR count). The standard InChI is InChI=1S/C15H31N/c1-5-12(6-2)15(16)14-9-7-13(8-10-14)11(3)4/h11-15H,5-10,16H2,1-4H3. The summed E-state index contributed by atoms with van der Waals surface area (Å²) < 4.78 is 0. The van der Waals surface area contributed by atoms with E-state index in [9.17, 15) is 0 Å². The molecule has 0 spiro atoms. The van der Waals surface area contributed by atoms with Gasteiger partial charge in [-0.3, -0.25) is 0 Å². The number of nitrogens with two attached hydrogens (primary N) is 1. The van der Waals surface area contributed by atoms with Crippen molar-refractivity contribution in [3.8, 4) is 0 Å². The maximum absolute atomic E-state index is 6.44. The number of hydrogen-bond acceptors (Lipinski definition) is 1. The Balaban J connectivity index is 2.40. The minimum atomic E-state index is 0.461. The second-order valence-corrected chi connectivity index (χ2v) is 6.07. The molecule has 1 nitrogen and oxygen atoms in total. The summed E-state index contributed by atoms with van der Waals surface area (Å²) in [6.45, 7) is 9.30. The molecule has 0 bridgehead atoms. The van der Waals surface area contributed by atoms with Crippen LogP contribution in [0.1, 0.15) is 66.2 Å².